The number of methoxy groups -OCH3 is 1. The third-order valence-electron chi connectivity index (χ3n) is 6.21. The first-order valence-corrected chi connectivity index (χ1v) is 14.1. The van der Waals surface area contributed by atoms with Gasteiger partial charge in [0.1, 0.15) is 24.2 Å². The van der Waals surface area contributed by atoms with Crippen LogP contribution in [-0.4, -0.2) is 51.4 Å². The van der Waals surface area contributed by atoms with Crippen LogP contribution in [0.4, 0.5) is 10.1 Å². The molecular formula is C29H34FN3O5S. The van der Waals surface area contributed by atoms with Crippen LogP contribution in [-0.2, 0) is 26.2 Å². The molecule has 3 rings (SSSR count). The molecule has 0 bridgehead atoms. The van der Waals surface area contributed by atoms with Crippen LogP contribution in [0.2, 0.25) is 0 Å². The van der Waals surface area contributed by atoms with Gasteiger partial charge in [-0.3, -0.25) is 13.9 Å². The third-order valence-corrected chi connectivity index (χ3v) is 8.00. The first-order valence-electron chi connectivity index (χ1n) is 12.7. The van der Waals surface area contributed by atoms with Gasteiger partial charge in [0.05, 0.1) is 17.7 Å². The molecule has 3 aromatic carbocycles. The minimum atomic E-state index is -4.26. The first kappa shape index (κ1) is 29.6. The maximum Gasteiger partial charge on any atom is 0.264 e. The van der Waals surface area contributed by atoms with E-state index in [0.717, 1.165) is 27.6 Å². The van der Waals surface area contributed by atoms with Crippen LogP contribution in [0.5, 0.6) is 5.75 Å². The Balaban J connectivity index is 2.05. The summed E-state index contributed by atoms with van der Waals surface area (Å²) in [5.41, 5.74) is 1.90. The van der Waals surface area contributed by atoms with Crippen molar-refractivity contribution in [1.82, 2.24) is 10.2 Å². The molecule has 0 aliphatic carbocycles. The number of anilines is 1. The van der Waals surface area contributed by atoms with Gasteiger partial charge in [0.15, 0.2) is 0 Å². The fraction of sp³-hybridized carbons (Fsp3) is 0.310. The van der Waals surface area contributed by atoms with Crippen molar-refractivity contribution < 1.29 is 27.1 Å². The molecule has 0 radical (unpaired) electrons. The minimum Gasteiger partial charge on any atom is -0.497 e. The molecule has 2 amide bonds. The molecule has 0 spiro atoms. The molecule has 39 heavy (non-hydrogen) atoms. The number of carbonyl (C=O) groups excluding carboxylic acids is 2. The maximum atomic E-state index is 13.9. The molecule has 0 aromatic heterocycles. The average Bonchev–Trinajstić information content (AvgIpc) is 2.92. The van der Waals surface area contributed by atoms with Crippen molar-refractivity contribution in [1.29, 1.82) is 0 Å². The Morgan fingerprint density at radius 1 is 1.00 bits per heavy atom. The monoisotopic (exact) mass is 555 g/mol. The van der Waals surface area contributed by atoms with Crippen molar-refractivity contribution in [2.24, 2.45) is 0 Å². The second-order valence-electron chi connectivity index (χ2n) is 8.99. The van der Waals surface area contributed by atoms with E-state index >= 15 is 0 Å². The number of nitrogens with one attached hydrogen (secondary N) is 1. The number of aryl methyl sites for hydroxylation is 1. The zero-order valence-corrected chi connectivity index (χ0v) is 23.4. The fourth-order valence-corrected chi connectivity index (χ4v) is 5.64. The molecule has 0 fully saturated rings. The number of likely N-dealkylation sites (N-methyl/N-ethyl adjacent to an activating group) is 1. The van der Waals surface area contributed by atoms with Crippen LogP contribution in [0.3, 0.4) is 0 Å². The van der Waals surface area contributed by atoms with Crippen LogP contribution < -0.4 is 14.4 Å². The minimum absolute atomic E-state index is 0.0681. The number of hydrogen-bond donors (Lipinski definition) is 1. The summed E-state index contributed by atoms with van der Waals surface area (Å²) < 4.78 is 47.4. The lowest BCUT2D eigenvalue weighted by atomic mass is 10.1. The summed E-state index contributed by atoms with van der Waals surface area (Å²) in [5.74, 6) is -0.978. The number of amides is 2. The zero-order chi connectivity index (χ0) is 28.6. The summed E-state index contributed by atoms with van der Waals surface area (Å²) in [7, 11) is -2.79. The Hall–Kier alpha value is -3.92. The first-order chi connectivity index (χ1) is 18.6. The van der Waals surface area contributed by atoms with Crippen LogP contribution in [0.15, 0.2) is 77.7 Å². The average molecular weight is 556 g/mol. The van der Waals surface area contributed by atoms with Gasteiger partial charge in [-0.2, -0.15) is 0 Å². The van der Waals surface area contributed by atoms with Crippen molar-refractivity contribution >= 4 is 27.5 Å². The molecule has 0 saturated carbocycles. The molecule has 0 heterocycles. The smallest absolute Gasteiger partial charge is 0.264 e. The Kier molecular flexibility index (Phi) is 10.1. The van der Waals surface area contributed by atoms with Gasteiger partial charge in [-0.1, -0.05) is 36.8 Å². The molecule has 208 valence electrons. The van der Waals surface area contributed by atoms with E-state index in [2.05, 4.69) is 5.32 Å². The van der Waals surface area contributed by atoms with Crippen molar-refractivity contribution in [3.8, 4) is 5.75 Å². The van der Waals surface area contributed by atoms with Gasteiger partial charge in [-0.25, -0.2) is 12.8 Å². The molecule has 8 nitrogen and oxygen atoms in total. The third kappa shape index (κ3) is 7.35. The van der Waals surface area contributed by atoms with Crippen molar-refractivity contribution in [2.45, 2.75) is 44.7 Å². The lowest BCUT2D eigenvalue weighted by molar-refractivity contribution is -0.140. The van der Waals surface area contributed by atoms with Crippen LogP contribution in [0.25, 0.3) is 0 Å². The molecule has 1 atom stereocenters. The molecule has 1 N–H and O–H groups in total. The van der Waals surface area contributed by atoms with Crippen molar-refractivity contribution in [3.63, 3.8) is 0 Å². The lowest BCUT2D eigenvalue weighted by Gasteiger charge is -2.33. The molecule has 0 aliphatic rings. The number of sulfonamides is 1. The second kappa shape index (κ2) is 13.2. The number of hydrogen-bond acceptors (Lipinski definition) is 5. The summed E-state index contributed by atoms with van der Waals surface area (Å²) in [6.45, 7) is 5.40. The van der Waals surface area contributed by atoms with Gasteiger partial charge in [0.2, 0.25) is 11.8 Å². The van der Waals surface area contributed by atoms with Crippen molar-refractivity contribution in [3.05, 3.63) is 89.7 Å². The van der Waals surface area contributed by atoms with E-state index in [1.54, 1.807) is 13.8 Å². The normalized spacial score (nSPS) is 11.9. The van der Waals surface area contributed by atoms with Gasteiger partial charge in [-0.15, -0.1) is 0 Å². The summed E-state index contributed by atoms with van der Waals surface area (Å²) in [6.07, 6.45) is 0.325. The largest absolute Gasteiger partial charge is 0.497 e. The molecule has 0 saturated heterocycles. The maximum absolute atomic E-state index is 13.9. The van der Waals surface area contributed by atoms with E-state index in [0.29, 0.717) is 18.7 Å². The number of rotatable bonds is 12. The summed E-state index contributed by atoms with van der Waals surface area (Å²) >= 11 is 0. The summed E-state index contributed by atoms with van der Waals surface area (Å²) in [4.78, 5) is 28.2. The summed E-state index contributed by atoms with van der Waals surface area (Å²) in [6, 6.07) is 17.4. The number of ether oxygens (including phenoxy) is 1. The Labute approximate surface area is 229 Å². The molecule has 0 aliphatic heterocycles. The highest BCUT2D eigenvalue weighted by Gasteiger charge is 2.33. The van der Waals surface area contributed by atoms with Gasteiger partial charge in [0, 0.05) is 13.1 Å². The predicted molar refractivity (Wildman–Crippen MR) is 148 cm³/mol. The van der Waals surface area contributed by atoms with Gasteiger partial charge < -0.3 is 15.0 Å². The topological polar surface area (TPSA) is 96.0 Å². The van der Waals surface area contributed by atoms with Crippen molar-refractivity contribution in [2.75, 3.05) is 24.5 Å². The van der Waals surface area contributed by atoms with E-state index < -0.39 is 34.3 Å². The SMILES string of the molecule is CCNC(=O)[C@@H](CC)N(Cc1cccc(C)c1)C(=O)CN(c1ccc(F)cc1)S(=O)(=O)c1ccc(OC)cc1. The fourth-order valence-electron chi connectivity index (χ4n) is 4.23. The summed E-state index contributed by atoms with van der Waals surface area (Å²) in [5, 5.41) is 2.77. The highest BCUT2D eigenvalue weighted by Crippen LogP contribution is 2.26. The quantitative estimate of drug-likeness (QED) is 0.360. The van der Waals surface area contributed by atoms with E-state index in [4.69, 9.17) is 4.74 Å². The Morgan fingerprint density at radius 2 is 1.67 bits per heavy atom. The number of halogens is 1. The number of carbonyl (C=O) groups is 2. The Bertz CT molecular complexity index is 1380. The number of benzene rings is 3. The number of nitrogens with zero attached hydrogens (tertiary/aromatic N) is 2. The van der Waals surface area contributed by atoms with Crippen LogP contribution in [0.1, 0.15) is 31.4 Å². The molecular weight excluding hydrogens is 521 g/mol. The van der Waals surface area contributed by atoms with E-state index in [1.807, 2.05) is 31.2 Å². The standard InChI is InChI=1S/C29H34FN3O5S/c1-5-27(29(35)31-6-2)32(19-22-9-7-8-21(3)18-22)28(34)20-33(24-12-10-23(30)11-13-24)39(36,37)26-16-14-25(38-4)15-17-26/h7-18,27H,5-6,19-20H2,1-4H3,(H,31,35)/t27-/m1/s1. The van der Waals surface area contributed by atoms with E-state index in [-0.39, 0.29) is 23.0 Å². The van der Waals surface area contributed by atoms with E-state index in [9.17, 15) is 22.4 Å². The second-order valence-corrected chi connectivity index (χ2v) is 10.9. The van der Waals surface area contributed by atoms with Gasteiger partial charge in [0.25, 0.3) is 10.0 Å². The molecule has 3 aromatic rings. The van der Waals surface area contributed by atoms with Gasteiger partial charge >= 0.3 is 0 Å². The highest BCUT2D eigenvalue weighted by molar-refractivity contribution is 7.92. The van der Waals surface area contributed by atoms with Crippen LogP contribution >= 0.6 is 0 Å². The van der Waals surface area contributed by atoms with Crippen LogP contribution in [0, 0.1) is 12.7 Å². The highest BCUT2D eigenvalue weighted by atomic mass is 32.2. The molecule has 10 heteroatoms. The van der Waals surface area contributed by atoms with E-state index in [1.165, 1.54) is 48.4 Å². The molecule has 0 unspecified atom stereocenters. The zero-order valence-electron chi connectivity index (χ0n) is 22.6. The lowest BCUT2D eigenvalue weighted by Crippen LogP contribution is -2.52. The Morgan fingerprint density at radius 3 is 2.23 bits per heavy atom. The predicted octanol–water partition coefficient (Wildman–Crippen LogP) is 4.28. The van der Waals surface area contributed by atoms with Gasteiger partial charge in [-0.05, 0) is 74.4 Å².